The van der Waals surface area contributed by atoms with Gasteiger partial charge in [0.05, 0.1) is 6.04 Å². The molecule has 1 aliphatic rings. The van der Waals surface area contributed by atoms with E-state index in [-0.39, 0.29) is 11.9 Å². The maximum absolute atomic E-state index is 12.2. The first-order valence-electron chi connectivity index (χ1n) is 6.76. The Morgan fingerprint density at radius 3 is 3.00 bits per heavy atom. The van der Waals surface area contributed by atoms with Crippen LogP contribution >= 0.6 is 0 Å². The van der Waals surface area contributed by atoms with Crippen LogP contribution in [0.25, 0.3) is 0 Å². The van der Waals surface area contributed by atoms with Crippen molar-refractivity contribution in [3.8, 4) is 0 Å². The lowest BCUT2D eigenvalue weighted by molar-refractivity contribution is 0.0931. The van der Waals surface area contributed by atoms with E-state index in [0.717, 1.165) is 24.2 Å². The van der Waals surface area contributed by atoms with Gasteiger partial charge in [-0.3, -0.25) is 4.79 Å². The highest BCUT2D eigenvalue weighted by atomic mass is 16.1. The molecule has 1 unspecified atom stereocenters. The molecule has 0 fully saturated rings. The quantitative estimate of drug-likeness (QED) is 0.821. The molecule has 1 atom stereocenters. The molecule has 2 aromatic rings. The zero-order valence-electron chi connectivity index (χ0n) is 11.4. The molecule has 0 aliphatic heterocycles. The van der Waals surface area contributed by atoms with Crippen molar-refractivity contribution in [3.05, 3.63) is 58.9 Å². The molecule has 3 N–H and O–H groups in total. The third kappa shape index (κ3) is 2.37. The first kappa shape index (κ1) is 12.7. The monoisotopic (exact) mass is 267 g/mol. The SMILES string of the molecule is Cc1cccc(C(=O)NC2CCc3cc(N)ccc32)n1. The summed E-state index contributed by atoms with van der Waals surface area (Å²) in [6, 6.07) is 11.4. The largest absolute Gasteiger partial charge is 0.399 e. The second-order valence-electron chi connectivity index (χ2n) is 5.19. The van der Waals surface area contributed by atoms with Crippen molar-refractivity contribution in [3.63, 3.8) is 0 Å². The molecular formula is C16H17N3O. The van der Waals surface area contributed by atoms with E-state index in [9.17, 15) is 4.79 Å². The fourth-order valence-electron chi connectivity index (χ4n) is 2.69. The third-order valence-electron chi connectivity index (χ3n) is 3.67. The minimum absolute atomic E-state index is 0.0559. The molecule has 3 rings (SSSR count). The standard InChI is InChI=1S/C16H17N3O/c1-10-3-2-4-15(18-10)16(20)19-14-8-5-11-9-12(17)6-7-13(11)14/h2-4,6-7,9,14H,5,8,17H2,1H3,(H,19,20). The van der Waals surface area contributed by atoms with E-state index >= 15 is 0 Å². The molecule has 1 aliphatic carbocycles. The van der Waals surface area contributed by atoms with Crippen LogP contribution in [0.15, 0.2) is 36.4 Å². The van der Waals surface area contributed by atoms with Crippen LogP contribution < -0.4 is 11.1 Å². The first-order chi connectivity index (χ1) is 9.63. The van der Waals surface area contributed by atoms with Gasteiger partial charge in [-0.1, -0.05) is 12.1 Å². The molecule has 4 nitrogen and oxygen atoms in total. The number of nitrogens with one attached hydrogen (secondary N) is 1. The van der Waals surface area contributed by atoms with Crippen molar-refractivity contribution in [1.82, 2.24) is 10.3 Å². The molecule has 0 radical (unpaired) electrons. The Hall–Kier alpha value is -2.36. The Labute approximate surface area is 118 Å². The molecule has 0 saturated heterocycles. The van der Waals surface area contributed by atoms with Gasteiger partial charge in [0.1, 0.15) is 5.69 Å². The van der Waals surface area contributed by atoms with Crippen molar-refractivity contribution in [2.75, 3.05) is 5.73 Å². The highest BCUT2D eigenvalue weighted by Gasteiger charge is 2.24. The number of nitrogen functional groups attached to an aromatic ring is 1. The number of pyridine rings is 1. The number of carbonyl (C=O) groups excluding carboxylic acids is 1. The van der Waals surface area contributed by atoms with Gasteiger partial charge in [-0.05, 0) is 55.2 Å². The van der Waals surface area contributed by atoms with E-state index in [1.54, 1.807) is 6.07 Å². The molecule has 102 valence electrons. The predicted octanol–water partition coefficient (Wildman–Crippen LogP) is 2.39. The van der Waals surface area contributed by atoms with Crippen molar-refractivity contribution >= 4 is 11.6 Å². The number of nitrogens with two attached hydrogens (primary N) is 1. The molecule has 4 heteroatoms. The number of carbonyl (C=O) groups is 1. The van der Waals surface area contributed by atoms with Gasteiger partial charge >= 0.3 is 0 Å². The number of benzene rings is 1. The van der Waals surface area contributed by atoms with Crippen LogP contribution in [-0.2, 0) is 6.42 Å². The smallest absolute Gasteiger partial charge is 0.270 e. The van der Waals surface area contributed by atoms with E-state index in [4.69, 9.17) is 5.73 Å². The summed E-state index contributed by atoms with van der Waals surface area (Å²) in [6.07, 6.45) is 1.86. The average molecular weight is 267 g/mol. The van der Waals surface area contributed by atoms with Gasteiger partial charge in [-0.25, -0.2) is 4.98 Å². The van der Waals surface area contributed by atoms with Crippen molar-refractivity contribution in [2.24, 2.45) is 0 Å². The van der Waals surface area contributed by atoms with Crippen LogP contribution in [0.5, 0.6) is 0 Å². The predicted molar refractivity (Wildman–Crippen MR) is 78.4 cm³/mol. The van der Waals surface area contributed by atoms with Gasteiger partial charge in [-0.2, -0.15) is 0 Å². The third-order valence-corrected chi connectivity index (χ3v) is 3.67. The summed E-state index contributed by atoms with van der Waals surface area (Å²) in [5, 5.41) is 3.06. The number of aromatic nitrogens is 1. The molecular weight excluding hydrogens is 250 g/mol. The number of amides is 1. The maximum atomic E-state index is 12.2. The highest BCUT2D eigenvalue weighted by molar-refractivity contribution is 5.92. The number of fused-ring (bicyclic) bond motifs is 1. The van der Waals surface area contributed by atoms with Crippen molar-refractivity contribution in [2.45, 2.75) is 25.8 Å². The van der Waals surface area contributed by atoms with E-state index in [1.807, 2.05) is 37.3 Å². The second-order valence-corrected chi connectivity index (χ2v) is 5.19. The molecule has 0 bridgehead atoms. The van der Waals surface area contributed by atoms with Gasteiger partial charge in [-0.15, -0.1) is 0 Å². The lowest BCUT2D eigenvalue weighted by Crippen LogP contribution is -2.28. The van der Waals surface area contributed by atoms with Gasteiger partial charge in [0.2, 0.25) is 0 Å². The molecule has 1 aromatic carbocycles. The Bertz CT molecular complexity index is 667. The maximum Gasteiger partial charge on any atom is 0.270 e. The van der Waals surface area contributed by atoms with E-state index in [2.05, 4.69) is 10.3 Å². The molecule has 1 aromatic heterocycles. The van der Waals surface area contributed by atoms with E-state index in [1.165, 1.54) is 11.1 Å². The van der Waals surface area contributed by atoms with E-state index < -0.39 is 0 Å². The van der Waals surface area contributed by atoms with Crippen LogP contribution in [0.1, 0.15) is 39.8 Å². The second kappa shape index (κ2) is 4.96. The summed E-state index contributed by atoms with van der Waals surface area (Å²) in [4.78, 5) is 16.5. The Kier molecular flexibility index (Phi) is 3.14. The lowest BCUT2D eigenvalue weighted by Gasteiger charge is -2.14. The fourth-order valence-corrected chi connectivity index (χ4v) is 2.69. The number of nitrogens with zero attached hydrogens (tertiary/aromatic N) is 1. The van der Waals surface area contributed by atoms with Crippen LogP contribution in [0, 0.1) is 6.92 Å². The summed E-state index contributed by atoms with van der Waals surface area (Å²) in [5.74, 6) is -0.122. The number of hydrogen-bond donors (Lipinski definition) is 2. The fraction of sp³-hybridized carbons (Fsp3) is 0.250. The zero-order valence-corrected chi connectivity index (χ0v) is 11.4. The van der Waals surface area contributed by atoms with Crippen LogP contribution in [0.4, 0.5) is 5.69 Å². The topological polar surface area (TPSA) is 68.0 Å². The highest BCUT2D eigenvalue weighted by Crippen LogP contribution is 2.32. The summed E-state index contributed by atoms with van der Waals surface area (Å²) >= 11 is 0. The Morgan fingerprint density at radius 1 is 1.35 bits per heavy atom. The number of aryl methyl sites for hydroxylation is 2. The molecule has 20 heavy (non-hydrogen) atoms. The van der Waals surface area contributed by atoms with Crippen LogP contribution in [0.2, 0.25) is 0 Å². The summed E-state index contributed by atoms with van der Waals surface area (Å²) in [6.45, 7) is 1.88. The Balaban J connectivity index is 1.79. The molecule has 1 amide bonds. The molecule has 0 saturated carbocycles. The minimum Gasteiger partial charge on any atom is -0.399 e. The number of anilines is 1. The van der Waals surface area contributed by atoms with Crippen LogP contribution in [-0.4, -0.2) is 10.9 Å². The normalized spacial score (nSPS) is 16.8. The first-order valence-corrected chi connectivity index (χ1v) is 6.76. The van der Waals surface area contributed by atoms with Crippen molar-refractivity contribution < 1.29 is 4.79 Å². The minimum atomic E-state index is -0.122. The zero-order chi connectivity index (χ0) is 14.1. The summed E-state index contributed by atoms with van der Waals surface area (Å²) in [5.41, 5.74) is 10.3. The lowest BCUT2D eigenvalue weighted by atomic mass is 10.1. The van der Waals surface area contributed by atoms with Gasteiger partial charge in [0, 0.05) is 11.4 Å². The van der Waals surface area contributed by atoms with Gasteiger partial charge < -0.3 is 11.1 Å². The van der Waals surface area contributed by atoms with Gasteiger partial charge in [0.25, 0.3) is 5.91 Å². The number of hydrogen-bond acceptors (Lipinski definition) is 3. The van der Waals surface area contributed by atoms with Gasteiger partial charge in [0.15, 0.2) is 0 Å². The Morgan fingerprint density at radius 2 is 2.20 bits per heavy atom. The van der Waals surface area contributed by atoms with E-state index in [0.29, 0.717) is 5.69 Å². The average Bonchev–Trinajstić information content (AvgIpc) is 2.81. The number of rotatable bonds is 2. The summed E-state index contributed by atoms with van der Waals surface area (Å²) in [7, 11) is 0. The molecule has 0 spiro atoms. The summed E-state index contributed by atoms with van der Waals surface area (Å²) < 4.78 is 0. The van der Waals surface area contributed by atoms with Crippen LogP contribution in [0.3, 0.4) is 0 Å². The molecule has 1 heterocycles. The van der Waals surface area contributed by atoms with Crippen molar-refractivity contribution in [1.29, 1.82) is 0 Å².